The highest BCUT2D eigenvalue weighted by molar-refractivity contribution is 5.80. The summed E-state index contributed by atoms with van der Waals surface area (Å²) in [4.78, 5) is 37.5. The SMILES string of the molecule is CC(C)NC(=O)N1CCN(CC2CC2)CC2(CNC(=O)C2)C1.O=C(O)C(F)(F)F. The van der Waals surface area contributed by atoms with Crippen LogP contribution < -0.4 is 10.6 Å². The molecular formula is C18H29F3N4O4. The van der Waals surface area contributed by atoms with E-state index in [0.29, 0.717) is 19.5 Å². The topological polar surface area (TPSA) is 102 Å². The number of alkyl halides is 3. The zero-order valence-electron chi connectivity index (χ0n) is 16.7. The normalized spacial score (nSPS) is 25.3. The fourth-order valence-electron chi connectivity index (χ4n) is 3.66. The van der Waals surface area contributed by atoms with Gasteiger partial charge in [0, 0.05) is 57.1 Å². The van der Waals surface area contributed by atoms with Gasteiger partial charge >= 0.3 is 18.2 Å². The summed E-state index contributed by atoms with van der Waals surface area (Å²) in [5.41, 5.74) is -0.114. The van der Waals surface area contributed by atoms with Crippen molar-refractivity contribution in [2.75, 3.05) is 39.3 Å². The Bertz CT molecular complexity index is 625. The monoisotopic (exact) mass is 422 g/mol. The second kappa shape index (κ2) is 9.19. The number of aliphatic carboxylic acids is 1. The summed E-state index contributed by atoms with van der Waals surface area (Å²) in [5.74, 6) is -1.80. The van der Waals surface area contributed by atoms with Crippen LogP contribution in [0.15, 0.2) is 0 Å². The number of carboxylic acids is 1. The van der Waals surface area contributed by atoms with Gasteiger partial charge < -0.3 is 25.5 Å². The molecule has 0 bridgehead atoms. The fourth-order valence-corrected chi connectivity index (χ4v) is 3.66. The lowest BCUT2D eigenvalue weighted by molar-refractivity contribution is -0.192. The first-order valence-corrected chi connectivity index (χ1v) is 9.75. The number of rotatable bonds is 3. The number of nitrogens with zero attached hydrogens (tertiary/aromatic N) is 2. The van der Waals surface area contributed by atoms with Crippen LogP contribution in [0.4, 0.5) is 18.0 Å². The number of halogens is 3. The molecule has 2 saturated heterocycles. The van der Waals surface area contributed by atoms with Crippen molar-refractivity contribution in [1.29, 1.82) is 0 Å². The Morgan fingerprint density at radius 2 is 1.90 bits per heavy atom. The lowest BCUT2D eigenvalue weighted by Crippen LogP contribution is -2.48. The van der Waals surface area contributed by atoms with Gasteiger partial charge in [-0.05, 0) is 32.6 Å². The first-order valence-electron chi connectivity index (χ1n) is 9.75. The van der Waals surface area contributed by atoms with E-state index in [2.05, 4.69) is 15.5 Å². The molecule has 1 spiro atoms. The molecule has 1 aliphatic carbocycles. The van der Waals surface area contributed by atoms with Gasteiger partial charge in [0.25, 0.3) is 0 Å². The number of amides is 3. The van der Waals surface area contributed by atoms with Gasteiger partial charge in [-0.25, -0.2) is 9.59 Å². The summed E-state index contributed by atoms with van der Waals surface area (Å²) in [6.07, 6.45) is -1.88. The van der Waals surface area contributed by atoms with Crippen molar-refractivity contribution in [1.82, 2.24) is 20.4 Å². The van der Waals surface area contributed by atoms with Crippen molar-refractivity contribution in [2.24, 2.45) is 11.3 Å². The van der Waals surface area contributed by atoms with Crippen molar-refractivity contribution in [3.63, 3.8) is 0 Å². The van der Waals surface area contributed by atoms with Crippen LogP contribution in [-0.4, -0.2) is 84.3 Å². The molecule has 3 rings (SSSR count). The van der Waals surface area contributed by atoms with E-state index in [0.717, 1.165) is 32.1 Å². The van der Waals surface area contributed by atoms with Crippen molar-refractivity contribution in [3.8, 4) is 0 Å². The highest BCUT2D eigenvalue weighted by atomic mass is 19.4. The smallest absolute Gasteiger partial charge is 0.475 e. The summed E-state index contributed by atoms with van der Waals surface area (Å²) >= 11 is 0. The Labute approximate surface area is 167 Å². The average molecular weight is 422 g/mol. The van der Waals surface area contributed by atoms with Crippen LogP contribution in [0.2, 0.25) is 0 Å². The third-order valence-corrected chi connectivity index (χ3v) is 5.12. The predicted octanol–water partition coefficient (Wildman–Crippen LogP) is 1.27. The van der Waals surface area contributed by atoms with Crippen molar-refractivity contribution in [3.05, 3.63) is 0 Å². The van der Waals surface area contributed by atoms with Crippen LogP contribution in [0, 0.1) is 11.3 Å². The first kappa shape index (κ1) is 23.2. The van der Waals surface area contributed by atoms with E-state index in [1.807, 2.05) is 18.7 Å². The van der Waals surface area contributed by atoms with Crippen molar-refractivity contribution in [2.45, 2.75) is 45.3 Å². The lowest BCUT2D eigenvalue weighted by Gasteiger charge is -2.33. The minimum Gasteiger partial charge on any atom is -0.475 e. The van der Waals surface area contributed by atoms with Gasteiger partial charge in [-0.1, -0.05) is 0 Å². The largest absolute Gasteiger partial charge is 0.490 e. The molecule has 2 aliphatic heterocycles. The summed E-state index contributed by atoms with van der Waals surface area (Å²) in [5, 5.41) is 13.1. The molecule has 3 N–H and O–H groups in total. The Morgan fingerprint density at radius 1 is 1.28 bits per heavy atom. The lowest BCUT2D eigenvalue weighted by atomic mass is 9.86. The van der Waals surface area contributed by atoms with Crippen molar-refractivity contribution >= 4 is 17.9 Å². The molecular weight excluding hydrogens is 393 g/mol. The molecule has 166 valence electrons. The Kier molecular flexibility index (Phi) is 7.36. The molecule has 0 aromatic heterocycles. The molecule has 3 aliphatic rings. The molecule has 1 saturated carbocycles. The van der Waals surface area contributed by atoms with E-state index in [1.165, 1.54) is 12.8 Å². The van der Waals surface area contributed by atoms with E-state index < -0.39 is 12.1 Å². The zero-order valence-corrected chi connectivity index (χ0v) is 16.7. The van der Waals surface area contributed by atoms with Gasteiger partial charge in [0.1, 0.15) is 0 Å². The maximum absolute atomic E-state index is 12.4. The number of carboxylic acid groups (broad SMARTS) is 1. The van der Waals surface area contributed by atoms with E-state index in [4.69, 9.17) is 9.90 Å². The number of carbonyl (C=O) groups is 3. The average Bonchev–Trinajstić information content (AvgIpc) is 3.34. The number of carbonyl (C=O) groups excluding carboxylic acids is 2. The molecule has 0 aromatic carbocycles. The van der Waals surface area contributed by atoms with E-state index in [9.17, 15) is 22.8 Å². The van der Waals surface area contributed by atoms with Gasteiger partial charge in [-0.15, -0.1) is 0 Å². The zero-order chi connectivity index (χ0) is 21.8. The van der Waals surface area contributed by atoms with Gasteiger partial charge in [-0.2, -0.15) is 13.2 Å². The molecule has 29 heavy (non-hydrogen) atoms. The molecule has 1 atom stereocenters. The Hall–Kier alpha value is -2.04. The maximum Gasteiger partial charge on any atom is 0.490 e. The third kappa shape index (κ3) is 7.37. The number of hydrogen-bond acceptors (Lipinski definition) is 4. The molecule has 0 aromatic rings. The van der Waals surface area contributed by atoms with Crippen LogP contribution in [-0.2, 0) is 9.59 Å². The third-order valence-electron chi connectivity index (χ3n) is 5.12. The standard InChI is InChI=1S/C16H28N4O2.C2HF3O2/c1-12(2)18-15(22)20-6-5-19(8-13-3-4-13)10-16(11-20)7-14(21)17-9-16;3-2(4,5)1(6)7/h12-13H,3-11H2,1-2H3,(H,17,21)(H,18,22);(H,6,7). The van der Waals surface area contributed by atoms with E-state index >= 15 is 0 Å². The quantitative estimate of drug-likeness (QED) is 0.636. The Morgan fingerprint density at radius 3 is 2.34 bits per heavy atom. The van der Waals surface area contributed by atoms with Gasteiger partial charge in [0.15, 0.2) is 0 Å². The van der Waals surface area contributed by atoms with Crippen LogP contribution in [0.5, 0.6) is 0 Å². The number of urea groups is 1. The van der Waals surface area contributed by atoms with Crippen LogP contribution in [0.3, 0.4) is 0 Å². The van der Waals surface area contributed by atoms with Gasteiger partial charge in [0.05, 0.1) is 0 Å². The highest BCUT2D eigenvalue weighted by Gasteiger charge is 2.44. The van der Waals surface area contributed by atoms with Crippen LogP contribution in [0.25, 0.3) is 0 Å². The minimum absolute atomic E-state index is 0.00185. The molecule has 2 heterocycles. The summed E-state index contributed by atoms with van der Waals surface area (Å²) in [7, 11) is 0. The van der Waals surface area contributed by atoms with E-state index in [-0.39, 0.29) is 23.4 Å². The second-order valence-electron chi connectivity index (χ2n) is 8.46. The first-order chi connectivity index (χ1) is 13.4. The summed E-state index contributed by atoms with van der Waals surface area (Å²) < 4.78 is 31.7. The predicted molar refractivity (Wildman–Crippen MR) is 98.2 cm³/mol. The molecule has 1 unspecified atom stereocenters. The molecule has 8 nitrogen and oxygen atoms in total. The molecule has 3 amide bonds. The minimum atomic E-state index is -5.08. The highest BCUT2D eigenvalue weighted by Crippen LogP contribution is 2.34. The van der Waals surface area contributed by atoms with Crippen molar-refractivity contribution < 1.29 is 32.7 Å². The fraction of sp³-hybridized carbons (Fsp3) is 0.833. The van der Waals surface area contributed by atoms with Gasteiger partial charge in [-0.3, -0.25) is 4.79 Å². The van der Waals surface area contributed by atoms with Gasteiger partial charge in [0.2, 0.25) is 5.91 Å². The number of nitrogens with one attached hydrogen (secondary N) is 2. The Balaban J connectivity index is 0.000000370. The molecule has 0 radical (unpaired) electrons. The molecule has 3 fully saturated rings. The van der Waals surface area contributed by atoms with Crippen LogP contribution in [0.1, 0.15) is 33.1 Å². The maximum atomic E-state index is 12.4. The summed E-state index contributed by atoms with van der Waals surface area (Å²) in [6, 6.07) is 0.139. The second-order valence-corrected chi connectivity index (χ2v) is 8.46. The number of hydrogen-bond donors (Lipinski definition) is 3. The summed E-state index contributed by atoms with van der Waals surface area (Å²) in [6.45, 7) is 9.03. The van der Waals surface area contributed by atoms with E-state index in [1.54, 1.807) is 0 Å². The molecule has 11 heteroatoms. The van der Waals surface area contributed by atoms with Crippen LogP contribution >= 0.6 is 0 Å².